The van der Waals surface area contributed by atoms with E-state index in [0.29, 0.717) is 10.9 Å². The minimum Gasteiger partial charge on any atom is -0.319 e. The average molecular weight is 323 g/mol. The second kappa shape index (κ2) is 7.15. The topological polar surface area (TPSA) is 46.9 Å². The molecule has 116 valence electrons. The molecule has 4 nitrogen and oxygen atoms in total. The maximum absolute atomic E-state index is 12.1. The first-order valence-electron chi connectivity index (χ1n) is 7.35. The molecule has 2 aromatic heterocycles. The average Bonchev–Trinajstić information content (AvgIpc) is 3.03. The van der Waals surface area contributed by atoms with Crippen molar-refractivity contribution in [2.24, 2.45) is 0 Å². The first-order chi connectivity index (χ1) is 11.2. The molecule has 2 heterocycles. The van der Waals surface area contributed by atoms with E-state index in [9.17, 15) is 4.79 Å². The van der Waals surface area contributed by atoms with Crippen molar-refractivity contribution in [3.63, 3.8) is 0 Å². The number of benzene rings is 1. The van der Waals surface area contributed by atoms with Gasteiger partial charge in [-0.05, 0) is 42.6 Å². The molecule has 0 radical (unpaired) electrons. The maximum atomic E-state index is 12.1. The highest BCUT2D eigenvalue weighted by Crippen LogP contribution is 2.30. The van der Waals surface area contributed by atoms with Crippen molar-refractivity contribution in [2.45, 2.75) is 12.2 Å². The zero-order valence-corrected chi connectivity index (χ0v) is 13.5. The molecule has 1 amide bonds. The summed E-state index contributed by atoms with van der Waals surface area (Å²) in [6.45, 7) is 2.16. The Bertz CT molecular complexity index is 771. The summed E-state index contributed by atoms with van der Waals surface area (Å²) in [5.74, 6) is -0.204. The van der Waals surface area contributed by atoms with Crippen molar-refractivity contribution >= 4 is 23.5 Å². The van der Waals surface area contributed by atoms with Gasteiger partial charge in [0.1, 0.15) is 5.69 Å². The van der Waals surface area contributed by atoms with E-state index in [2.05, 4.69) is 29.4 Å². The smallest absolute Gasteiger partial charge is 0.274 e. The number of hydrogen-bond acceptors (Lipinski definition) is 3. The number of nitrogens with one attached hydrogen (secondary N) is 1. The number of aromatic nitrogens is 2. The van der Waals surface area contributed by atoms with Crippen LogP contribution in [-0.2, 0) is 0 Å². The van der Waals surface area contributed by atoms with Crippen LogP contribution in [0.4, 0.5) is 5.69 Å². The Morgan fingerprint density at radius 1 is 1.13 bits per heavy atom. The van der Waals surface area contributed by atoms with Gasteiger partial charge >= 0.3 is 0 Å². The lowest BCUT2D eigenvalue weighted by Crippen LogP contribution is -2.12. The van der Waals surface area contributed by atoms with Gasteiger partial charge in [0.25, 0.3) is 5.91 Å². The number of carbonyl (C=O) groups is 1. The minimum atomic E-state index is -0.204. The van der Waals surface area contributed by atoms with Gasteiger partial charge in [-0.15, -0.1) is 0 Å². The number of hydrogen-bond donors (Lipinski definition) is 1. The molecular formula is C18H17N3OS. The highest BCUT2D eigenvalue weighted by molar-refractivity contribution is 7.98. The van der Waals surface area contributed by atoms with Gasteiger partial charge in [0.2, 0.25) is 0 Å². The molecular weight excluding hydrogens is 306 g/mol. The van der Waals surface area contributed by atoms with Crippen LogP contribution in [0.3, 0.4) is 0 Å². The van der Waals surface area contributed by atoms with Gasteiger partial charge in [-0.3, -0.25) is 13.8 Å². The standard InChI is InChI=1S/C18H17N3OS/c1-14(15-7-3-2-4-8-15)23-21-12-10-16(13-21)20-18(22)17-9-5-6-11-19-17/h2-14H,1H3,(H,20,22). The number of nitrogens with zero attached hydrogens (tertiary/aromatic N) is 2. The molecule has 0 aliphatic rings. The minimum absolute atomic E-state index is 0.204. The largest absolute Gasteiger partial charge is 0.319 e. The summed E-state index contributed by atoms with van der Waals surface area (Å²) in [7, 11) is 0. The molecule has 0 spiro atoms. The normalized spacial score (nSPS) is 11.9. The van der Waals surface area contributed by atoms with Crippen molar-refractivity contribution in [3.8, 4) is 0 Å². The van der Waals surface area contributed by atoms with Crippen molar-refractivity contribution in [1.82, 2.24) is 8.96 Å². The van der Waals surface area contributed by atoms with Crippen LogP contribution in [-0.4, -0.2) is 14.9 Å². The van der Waals surface area contributed by atoms with Gasteiger partial charge in [-0.1, -0.05) is 36.4 Å². The van der Waals surface area contributed by atoms with Gasteiger partial charge in [-0.25, -0.2) is 0 Å². The number of rotatable bonds is 5. The second-order valence-electron chi connectivity index (χ2n) is 5.09. The summed E-state index contributed by atoms with van der Waals surface area (Å²) < 4.78 is 2.01. The molecule has 0 fully saturated rings. The highest BCUT2D eigenvalue weighted by Gasteiger charge is 2.10. The molecule has 0 bridgehead atoms. The summed E-state index contributed by atoms with van der Waals surface area (Å²) in [5, 5.41) is 3.18. The molecule has 0 saturated carbocycles. The van der Waals surface area contributed by atoms with Crippen LogP contribution in [0.1, 0.15) is 28.2 Å². The first-order valence-corrected chi connectivity index (χ1v) is 8.18. The molecule has 1 unspecified atom stereocenters. The second-order valence-corrected chi connectivity index (χ2v) is 6.43. The van der Waals surface area contributed by atoms with Crippen molar-refractivity contribution in [1.29, 1.82) is 0 Å². The van der Waals surface area contributed by atoms with Gasteiger partial charge in [0.05, 0.1) is 5.69 Å². The SMILES string of the molecule is CC(Sn1ccc(NC(=O)c2ccccn2)c1)c1ccccc1. The number of pyridine rings is 1. The van der Waals surface area contributed by atoms with Crippen LogP contribution in [0.2, 0.25) is 0 Å². The fraction of sp³-hybridized carbons (Fsp3) is 0.111. The predicted octanol–water partition coefficient (Wildman–Crippen LogP) is 4.39. The first kappa shape index (κ1) is 15.4. The Hall–Kier alpha value is -2.53. The Morgan fingerprint density at radius 3 is 2.65 bits per heavy atom. The predicted molar refractivity (Wildman–Crippen MR) is 94.5 cm³/mol. The number of carbonyl (C=O) groups excluding carboxylic acids is 1. The van der Waals surface area contributed by atoms with Gasteiger partial charge in [-0.2, -0.15) is 0 Å². The van der Waals surface area contributed by atoms with E-state index in [4.69, 9.17) is 0 Å². The Morgan fingerprint density at radius 2 is 1.91 bits per heavy atom. The number of amides is 1. The van der Waals surface area contributed by atoms with E-state index >= 15 is 0 Å². The fourth-order valence-corrected chi connectivity index (χ4v) is 3.13. The third-order valence-electron chi connectivity index (χ3n) is 3.37. The maximum Gasteiger partial charge on any atom is 0.274 e. The van der Waals surface area contributed by atoms with Crippen molar-refractivity contribution in [3.05, 3.63) is 84.4 Å². The van der Waals surface area contributed by atoms with Crippen LogP contribution < -0.4 is 5.32 Å². The summed E-state index contributed by atoms with van der Waals surface area (Å²) in [6, 6.07) is 17.5. The van der Waals surface area contributed by atoms with Crippen molar-refractivity contribution < 1.29 is 4.79 Å². The van der Waals surface area contributed by atoms with E-state index in [0.717, 1.165) is 5.69 Å². The summed E-state index contributed by atoms with van der Waals surface area (Å²) in [4.78, 5) is 16.1. The Balaban J connectivity index is 1.63. The Kier molecular flexibility index (Phi) is 4.78. The zero-order valence-electron chi connectivity index (χ0n) is 12.7. The van der Waals surface area contributed by atoms with E-state index in [1.54, 1.807) is 36.3 Å². The highest BCUT2D eigenvalue weighted by atomic mass is 32.2. The van der Waals surface area contributed by atoms with Crippen LogP contribution in [0.5, 0.6) is 0 Å². The lowest BCUT2D eigenvalue weighted by atomic mass is 10.2. The van der Waals surface area contributed by atoms with Gasteiger partial charge < -0.3 is 5.32 Å². The third-order valence-corrected chi connectivity index (χ3v) is 4.43. The molecule has 0 aliphatic carbocycles. The van der Waals surface area contributed by atoms with Crippen LogP contribution in [0, 0.1) is 0 Å². The molecule has 0 saturated heterocycles. The quantitative estimate of drug-likeness (QED) is 0.757. The molecule has 3 rings (SSSR count). The summed E-state index contributed by atoms with van der Waals surface area (Å²) in [6.07, 6.45) is 5.46. The van der Waals surface area contributed by atoms with E-state index in [-0.39, 0.29) is 5.91 Å². The molecule has 5 heteroatoms. The van der Waals surface area contributed by atoms with Crippen LogP contribution in [0.15, 0.2) is 73.2 Å². The monoisotopic (exact) mass is 323 g/mol. The van der Waals surface area contributed by atoms with Crippen LogP contribution >= 0.6 is 11.9 Å². The zero-order chi connectivity index (χ0) is 16.1. The number of anilines is 1. The molecule has 0 aliphatic heterocycles. The lowest BCUT2D eigenvalue weighted by Gasteiger charge is -2.11. The Labute approximate surface area is 139 Å². The fourth-order valence-electron chi connectivity index (χ4n) is 2.18. The van der Waals surface area contributed by atoms with Crippen LogP contribution in [0.25, 0.3) is 0 Å². The summed E-state index contributed by atoms with van der Waals surface area (Å²) >= 11 is 1.69. The summed E-state index contributed by atoms with van der Waals surface area (Å²) in [5.41, 5.74) is 2.43. The third kappa shape index (κ3) is 4.02. The molecule has 23 heavy (non-hydrogen) atoms. The molecule has 1 N–H and O–H groups in total. The molecule has 1 aromatic carbocycles. The molecule has 3 aromatic rings. The van der Waals surface area contributed by atoms with E-state index in [1.165, 1.54) is 5.56 Å². The van der Waals surface area contributed by atoms with Gasteiger partial charge in [0, 0.05) is 23.8 Å². The van der Waals surface area contributed by atoms with E-state index in [1.807, 2.05) is 40.6 Å². The van der Waals surface area contributed by atoms with Crippen molar-refractivity contribution in [2.75, 3.05) is 5.32 Å². The van der Waals surface area contributed by atoms with E-state index < -0.39 is 0 Å². The lowest BCUT2D eigenvalue weighted by molar-refractivity contribution is 0.102. The molecule has 1 atom stereocenters. The van der Waals surface area contributed by atoms with Gasteiger partial charge in [0.15, 0.2) is 0 Å².